The Hall–Kier alpha value is -2.19. The summed E-state index contributed by atoms with van der Waals surface area (Å²) in [7, 11) is 0. The van der Waals surface area contributed by atoms with Crippen LogP contribution in [0.5, 0.6) is 0 Å². The molecule has 4 nitrogen and oxygen atoms in total. The quantitative estimate of drug-likeness (QED) is 0.470. The fraction of sp³-hybridized carbons (Fsp3) is 0.381. The second-order valence-electron chi connectivity index (χ2n) is 6.97. The molecule has 3 rings (SSSR count). The lowest BCUT2D eigenvalue weighted by Crippen LogP contribution is -2.45. The molecule has 0 atom stereocenters. The number of carbonyl (C=O) groups excluding carboxylic acids is 1. The Bertz CT molecular complexity index is 763. The second-order valence-corrected chi connectivity index (χ2v) is 8.03. The number of alkyl halides is 3. The Kier molecular flexibility index (Phi) is 7.44. The third-order valence-corrected chi connectivity index (χ3v) is 5.82. The van der Waals surface area contributed by atoms with Crippen molar-refractivity contribution in [1.29, 1.82) is 0 Å². The van der Waals surface area contributed by atoms with Crippen LogP contribution in [0.25, 0.3) is 0 Å². The van der Waals surface area contributed by atoms with Gasteiger partial charge in [-0.3, -0.25) is 4.79 Å². The first-order chi connectivity index (χ1) is 13.9. The van der Waals surface area contributed by atoms with E-state index in [1.807, 2.05) is 54.6 Å². The van der Waals surface area contributed by atoms with E-state index in [0.29, 0.717) is 18.8 Å². The number of nitrogens with zero attached hydrogens (tertiary/aromatic N) is 3. The van der Waals surface area contributed by atoms with Crippen molar-refractivity contribution in [3.63, 3.8) is 0 Å². The van der Waals surface area contributed by atoms with Crippen molar-refractivity contribution in [2.24, 2.45) is 0 Å². The molecule has 8 heteroatoms. The summed E-state index contributed by atoms with van der Waals surface area (Å²) in [5.74, 6) is 0.496. The van der Waals surface area contributed by atoms with Crippen molar-refractivity contribution in [2.45, 2.75) is 18.5 Å². The van der Waals surface area contributed by atoms with E-state index in [-0.39, 0.29) is 6.54 Å². The zero-order chi connectivity index (χ0) is 20.7. The summed E-state index contributed by atoms with van der Waals surface area (Å²) in [6, 6.07) is 17.1. The molecule has 0 bridgehead atoms. The Balaban J connectivity index is 1.60. The first-order valence-corrected chi connectivity index (χ1v) is 10.4. The standard InChI is InChI=1S/C21H24F3N3OS/c22-21(23,24)16-27(29-15-19-4-2-1-3-5-19)14-18-6-8-20(9-7-18)26-12-10-25(17-28)11-13-26/h1-9,17H,10-16H2. The minimum absolute atomic E-state index is 0.218. The Morgan fingerprint density at radius 2 is 1.59 bits per heavy atom. The predicted octanol–water partition coefficient (Wildman–Crippen LogP) is 4.18. The van der Waals surface area contributed by atoms with Crippen molar-refractivity contribution in [3.8, 4) is 0 Å². The van der Waals surface area contributed by atoms with Crippen LogP contribution in [0.2, 0.25) is 0 Å². The molecule has 1 aliphatic rings. The van der Waals surface area contributed by atoms with Crippen molar-refractivity contribution < 1.29 is 18.0 Å². The molecule has 0 unspecified atom stereocenters. The Morgan fingerprint density at radius 1 is 0.931 bits per heavy atom. The van der Waals surface area contributed by atoms with Gasteiger partial charge in [-0.15, -0.1) is 0 Å². The number of halogens is 3. The molecule has 1 fully saturated rings. The molecule has 2 aromatic carbocycles. The van der Waals surface area contributed by atoms with Crippen LogP contribution in [0, 0.1) is 0 Å². The highest BCUT2D eigenvalue weighted by molar-refractivity contribution is 7.96. The lowest BCUT2D eigenvalue weighted by Gasteiger charge is -2.34. The number of rotatable bonds is 8. The monoisotopic (exact) mass is 423 g/mol. The number of benzene rings is 2. The minimum atomic E-state index is -4.25. The van der Waals surface area contributed by atoms with Gasteiger partial charge < -0.3 is 9.80 Å². The van der Waals surface area contributed by atoms with Crippen LogP contribution in [0.15, 0.2) is 54.6 Å². The van der Waals surface area contributed by atoms with Gasteiger partial charge in [-0.05, 0) is 23.3 Å². The maximum absolute atomic E-state index is 13.0. The van der Waals surface area contributed by atoms with Gasteiger partial charge in [0.1, 0.15) is 6.54 Å². The van der Waals surface area contributed by atoms with Gasteiger partial charge in [0, 0.05) is 44.2 Å². The third kappa shape index (κ3) is 6.97. The highest BCUT2D eigenvalue weighted by atomic mass is 32.2. The zero-order valence-corrected chi connectivity index (χ0v) is 16.8. The highest BCUT2D eigenvalue weighted by Gasteiger charge is 2.31. The van der Waals surface area contributed by atoms with Gasteiger partial charge >= 0.3 is 6.18 Å². The van der Waals surface area contributed by atoms with Crippen molar-refractivity contribution in [1.82, 2.24) is 9.21 Å². The Morgan fingerprint density at radius 3 is 2.17 bits per heavy atom. The van der Waals surface area contributed by atoms with E-state index in [0.717, 1.165) is 36.3 Å². The number of anilines is 1. The molecule has 0 aromatic heterocycles. The molecule has 0 saturated carbocycles. The van der Waals surface area contributed by atoms with E-state index < -0.39 is 12.7 Å². The zero-order valence-electron chi connectivity index (χ0n) is 16.0. The minimum Gasteiger partial charge on any atom is -0.368 e. The topological polar surface area (TPSA) is 26.8 Å². The molecular weight excluding hydrogens is 399 g/mol. The largest absolute Gasteiger partial charge is 0.402 e. The van der Waals surface area contributed by atoms with Crippen LogP contribution < -0.4 is 4.90 Å². The van der Waals surface area contributed by atoms with E-state index in [9.17, 15) is 18.0 Å². The molecule has 0 aliphatic carbocycles. The lowest BCUT2D eigenvalue weighted by atomic mass is 10.2. The fourth-order valence-electron chi connectivity index (χ4n) is 3.19. The molecule has 1 saturated heterocycles. The normalized spacial score (nSPS) is 15.0. The SMILES string of the molecule is O=CN1CCN(c2ccc(CN(CC(F)(F)F)SCc3ccccc3)cc2)CC1. The summed E-state index contributed by atoms with van der Waals surface area (Å²) in [6.07, 6.45) is -3.38. The average molecular weight is 424 g/mol. The first-order valence-electron chi connectivity index (χ1n) is 9.45. The van der Waals surface area contributed by atoms with Gasteiger partial charge in [-0.25, -0.2) is 4.31 Å². The second kappa shape index (κ2) is 10.0. The summed E-state index contributed by atoms with van der Waals surface area (Å²) in [4.78, 5) is 14.7. The molecule has 156 valence electrons. The molecule has 1 heterocycles. The van der Waals surface area contributed by atoms with Crippen LogP contribution in [-0.2, 0) is 17.1 Å². The van der Waals surface area contributed by atoms with Crippen molar-refractivity contribution in [3.05, 3.63) is 65.7 Å². The predicted molar refractivity (Wildman–Crippen MR) is 110 cm³/mol. The summed E-state index contributed by atoms with van der Waals surface area (Å²) < 4.78 is 40.4. The molecule has 2 aromatic rings. The molecule has 29 heavy (non-hydrogen) atoms. The van der Waals surface area contributed by atoms with Crippen LogP contribution in [0.1, 0.15) is 11.1 Å². The van der Waals surface area contributed by atoms with Gasteiger partial charge in [-0.1, -0.05) is 54.4 Å². The van der Waals surface area contributed by atoms with Gasteiger partial charge in [0.2, 0.25) is 6.41 Å². The van der Waals surface area contributed by atoms with E-state index in [1.54, 1.807) is 4.90 Å². The number of hydrogen-bond donors (Lipinski definition) is 0. The van der Waals surface area contributed by atoms with Crippen LogP contribution in [-0.4, -0.2) is 54.5 Å². The highest BCUT2D eigenvalue weighted by Crippen LogP contribution is 2.27. The maximum atomic E-state index is 13.0. The number of piperazine rings is 1. The number of carbonyl (C=O) groups is 1. The summed E-state index contributed by atoms with van der Waals surface area (Å²) in [6.45, 7) is 2.13. The van der Waals surface area contributed by atoms with Crippen LogP contribution >= 0.6 is 11.9 Å². The van der Waals surface area contributed by atoms with Crippen molar-refractivity contribution >= 4 is 24.0 Å². The maximum Gasteiger partial charge on any atom is 0.402 e. The van der Waals surface area contributed by atoms with Gasteiger partial charge in [0.25, 0.3) is 0 Å². The summed E-state index contributed by atoms with van der Waals surface area (Å²) in [5, 5.41) is 0. The van der Waals surface area contributed by atoms with Gasteiger partial charge in [0.15, 0.2) is 0 Å². The van der Waals surface area contributed by atoms with Gasteiger partial charge in [0.05, 0.1) is 0 Å². The lowest BCUT2D eigenvalue weighted by molar-refractivity contribution is -0.135. The van der Waals surface area contributed by atoms with Crippen LogP contribution in [0.3, 0.4) is 0 Å². The van der Waals surface area contributed by atoms with Crippen molar-refractivity contribution in [2.75, 3.05) is 37.6 Å². The van der Waals surface area contributed by atoms with Crippen LogP contribution in [0.4, 0.5) is 18.9 Å². The first kappa shape index (κ1) is 21.5. The van der Waals surface area contributed by atoms with Gasteiger partial charge in [-0.2, -0.15) is 13.2 Å². The summed E-state index contributed by atoms with van der Waals surface area (Å²) in [5.41, 5.74) is 2.86. The van der Waals surface area contributed by atoms with E-state index in [1.165, 1.54) is 16.3 Å². The van der Waals surface area contributed by atoms with E-state index in [4.69, 9.17) is 0 Å². The van der Waals surface area contributed by atoms with E-state index in [2.05, 4.69) is 4.90 Å². The van der Waals surface area contributed by atoms with E-state index >= 15 is 0 Å². The number of amides is 1. The molecule has 0 radical (unpaired) electrons. The molecule has 1 aliphatic heterocycles. The summed E-state index contributed by atoms with van der Waals surface area (Å²) >= 11 is 1.20. The number of hydrogen-bond acceptors (Lipinski definition) is 4. The third-order valence-electron chi connectivity index (χ3n) is 4.74. The molecule has 0 spiro atoms. The molecule has 0 N–H and O–H groups in total. The average Bonchev–Trinajstić information content (AvgIpc) is 2.72. The fourth-order valence-corrected chi connectivity index (χ4v) is 4.19. The molecule has 1 amide bonds. The smallest absolute Gasteiger partial charge is 0.368 e. The Labute approximate surface area is 173 Å². The molecular formula is C21H24F3N3OS.